The SMILES string of the molecule is CCc1sc(NC(=O)C[NH+]2CCC(C(N)=O)CC2)nc1-c1ccccc1. The molecule has 0 saturated carbocycles. The number of carbonyl (C=O) groups excluding carboxylic acids is 2. The number of piperidine rings is 1. The summed E-state index contributed by atoms with van der Waals surface area (Å²) in [7, 11) is 0. The quantitative estimate of drug-likeness (QED) is 0.708. The fraction of sp³-hybridized carbons (Fsp3) is 0.421. The maximum Gasteiger partial charge on any atom is 0.281 e. The molecule has 0 radical (unpaired) electrons. The van der Waals surface area contributed by atoms with E-state index in [9.17, 15) is 9.59 Å². The van der Waals surface area contributed by atoms with Crippen LogP contribution in [0.25, 0.3) is 11.3 Å². The molecule has 6 nitrogen and oxygen atoms in total. The van der Waals surface area contributed by atoms with Crippen molar-refractivity contribution in [2.24, 2.45) is 11.7 Å². The van der Waals surface area contributed by atoms with Gasteiger partial charge in [0, 0.05) is 29.2 Å². The van der Waals surface area contributed by atoms with Crippen LogP contribution >= 0.6 is 11.3 Å². The first-order chi connectivity index (χ1) is 12.6. The Balaban J connectivity index is 1.60. The van der Waals surface area contributed by atoms with Crippen LogP contribution in [-0.2, 0) is 16.0 Å². The van der Waals surface area contributed by atoms with Gasteiger partial charge in [0.15, 0.2) is 11.7 Å². The lowest BCUT2D eigenvalue weighted by atomic mass is 9.96. The second-order valence-electron chi connectivity index (χ2n) is 6.66. The number of nitrogens with one attached hydrogen (secondary N) is 2. The van der Waals surface area contributed by atoms with E-state index in [0.717, 1.165) is 43.6 Å². The van der Waals surface area contributed by atoms with Gasteiger partial charge in [-0.25, -0.2) is 4.98 Å². The minimum absolute atomic E-state index is 0.0338. The molecule has 0 bridgehead atoms. The van der Waals surface area contributed by atoms with Crippen LogP contribution in [0.15, 0.2) is 30.3 Å². The number of primary amides is 1. The Morgan fingerprint density at radius 2 is 1.96 bits per heavy atom. The van der Waals surface area contributed by atoms with E-state index >= 15 is 0 Å². The van der Waals surface area contributed by atoms with E-state index in [-0.39, 0.29) is 17.7 Å². The van der Waals surface area contributed by atoms with Gasteiger partial charge in [-0.15, -0.1) is 11.3 Å². The standard InChI is InChI=1S/C19H24N4O2S/c1-2-15-17(13-6-4-3-5-7-13)22-19(26-15)21-16(24)12-23-10-8-14(9-11-23)18(20)25/h3-7,14H,2,8-12H2,1H3,(H2,20,25)(H,21,22,24)/p+1. The van der Waals surface area contributed by atoms with Crippen molar-refractivity contribution in [2.75, 3.05) is 25.0 Å². The Bertz CT molecular complexity index is 767. The predicted octanol–water partition coefficient (Wildman–Crippen LogP) is 1.09. The molecule has 2 heterocycles. The van der Waals surface area contributed by atoms with E-state index < -0.39 is 0 Å². The number of hydrogen-bond acceptors (Lipinski definition) is 4. The smallest absolute Gasteiger partial charge is 0.281 e. The molecule has 0 aliphatic carbocycles. The number of thiazole rings is 1. The Morgan fingerprint density at radius 1 is 1.27 bits per heavy atom. The Morgan fingerprint density at radius 3 is 2.58 bits per heavy atom. The highest BCUT2D eigenvalue weighted by atomic mass is 32.1. The van der Waals surface area contributed by atoms with Crippen molar-refractivity contribution in [3.05, 3.63) is 35.2 Å². The van der Waals surface area contributed by atoms with Gasteiger partial charge >= 0.3 is 0 Å². The summed E-state index contributed by atoms with van der Waals surface area (Å²) in [6.07, 6.45) is 2.39. The lowest BCUT2D eigenvalue weighted by molar-refractivity contribution is -0.897. The van der Waals surface area contributed by atoms with Gasteiger partial charge in [-0.1, -0.05) is 37.3 Å². The summed E-state index contributed by atoms with van der Waals surface area (Å²) in [4.78, 5) is 30.6. The highest BCUT2D eigenvalue weighted by molar-refractivity contribution is 7.16. The second kappa shape index (κ2) is 8.42. The van der Waals surface area contributed by atoms with Crippen molar-refractivity contribution in [3.8, 4) is 11.3 Å². The zero-order chi connectivity index (χ0) is 18.5. The Labute approximate surface area is 157 Å². The maximum atomic E-state index is 12.4. The van der Waals surface area contributed by atoms with Crippen LogP contribution in [0.4, 0.5) is 5.13 Å². The molecule has 138 valence electrons. The summed E-state index contributed by atoms with van der Waals surface area (Å²) >= 11 is 1.54. The monoisotopic (exact) mass is 373 g/mol. The topological polar surface area (TPSA) is 89.5 Å². The van der Waals surface area contributed by atoms with E-state index in [1.807, 2.05) is 30.3 Å². The van der Waals surface area contributed by atoms with Gasteiger partial charge in [-0.3, -0.25) is 14.9 Å². The van der Waals surface area contributed by atoms with Crippen molar-refractivity contribution >= 4 is 28.3 Å². The molecule has 0 atom stereocenters. The van der Waals surface area contributed by atoms with Gasteiger partial charge in [0.05, 0.1) is 18.8 Å². The molecule has 2 amide bonds. The van der Waals surface area contributed by atoms with Crippen LogP contribution in [0, 0.1) is 5.92 Å². The number of carbonyl (C=O) groups is 2. The number of rotatable bonds is 6. The van der Waals surface area contributed by atoms with E-state index in [1.54, 1.807) is 0 Å². The normalized spacial score (nSPS) is 19.9. The molecule has 1 saturated heterocycles. The number of anilines is 1. The molecule has 3 rings (SSSR count). The highest BCUT2D eigenvalue weighted by Gasteiger charge is 2.27. The van der Waals surface area contributed by atoms with Crippen molar-refractivity contribution in [3.63, 3.8) is 0 Å². The average Bonchev–Trinajstić information content (AvgIpc) is 3.05. The molecule has 7 heteroatoms. The fourth-order valence-electron chi connectivity index (χ4n) is 3.34. The van der Waals surface area contributed by atoms with E-state index in [0.29, 0.717) is 11.7 Å². The van der Waals surface area contributed by atoms with Crippen molar-refractivity contribution in [1.29, 1.82) is 0 Å². The molecule has 0 spiro atoms. The van der Waals surface area contributed by atoms with E-state index in [2.05, 4.69) is 17.2 Å². The first-order valence-corrected chi connectivity index (χ1v) is 9.86. The van der Waals surface area contributed by atoms with Crippen molar-refractivity contribution < 1.29 is 14.5 Å². The summed E-state index contributed by atoms with van der Waals surface area (Å²) in [6.45, 7) is 4.09. The van der Waals surface area contributed by atoms with Crippen molar-refractivity contribution in [2.45, 2.75) is 26.2 Å². The van der Waals surface area contributed by atoms with Gasteiger partial charge in [-0.2, -0.15) is 0 Å². The number of aromatic nitrogens is 1. The number of likely N-dealkylation sites (tertiary alicyclic amines) is 1. The summed E-state index contributed by atoms with van der Waals surface area (Å²) in [6, 6.07) is 10.0. The number of aryl methyl sites for hydroxylation is 1. The minimum Gasteiger partial charge on any atom is -0.369 e. The van der Waals surface area contributed by atoms with Crippen LogP contribution in [0.1, 0.15) is 24.6 Å². The molecule has 1 aromatic heterocycles. The van der Waals surface area contributed by atoms with E-state index in [1.165, 1.54) is 21.1 Å². The lowest BCUT2D eigenvalue weighted by Crippen LogP contribution is -3.14. The third-order valence-corrected chi connectivity index (χ3v) is 5.93. The number of benzene rings is 1. The summed E-state index contributed by atoms with van der Waals surface area (Å²) in [5, 5.41) is 3.59. The van der Waals surface area contributed by atoms with Gasteiger partial charge in [-0.05, 0) is 6.42 Å². The second-order valence-corrected chi connectivity index (χ2v) is 7.75. The van der Waals surface area contributed by atoms with Gasteiger partial charge in [0.1, 0.15) is 0 Å². The van der Waals surface area contributed by atoms with Crippen LogP contribution < -0.4 is 16.0 Å². The van der Waals surface area contributed by atoms with E-state index in [4.69, 9.17) is 5.73 Å². The molecule has 1 aromatic carbocycles. The third-order valence-electron chi connectivity index (χ3n) is 4.82. The number of nitrogens with zero attached hydrogens (tertiary/aromatic N) is 1. The Kier molecular flexibility index (Phi) is 6.00. The summed E-state index contributed by atoms with van der Waals surface area (Å²) in [5.41, 5.74) is 7.38. The largest absolute Gasteiger partial charge is 0.369 e. The van der Waals surface area contributed by atoms with Crippen molar-refractivity contribution in [1.82, 2.24) is 4.98 Å². The van der Waals surface area contributed by atoms with Crippen LogP contribution in [0.2, 0.25) is 0 Å². The molecule has 0 unspecified atom stereocenters. The predicted molar refractivity (Wildman–Crippen MR) is 103 cm³/mol. The molecule has 1 fully saturated rings. The molecular weight excluding hydrogens is 348 g/mol. The molecular formula is C19H25N4O2S+. The molecule has 1 aliphatic heterocycles. The summed E-state index contributed by atoms with van der Waals surface area (Å²) < 4.78 is 0. The van der Waals surface area contributed by atoms with Gasteiger partial charge in [0.25, 0.3) is 5.91 Å². The number of nitrogens with two attached hydrogens (primary N) is 1. The highest BCUT2D eigenvalue weighted by Crippen LogP contribution is 2.31. The maximum absolute atomic E-state index is 12.4. The molecule has 4 N–H and O–H groups in total. The van der Waals surface area contributed by atoms with Gasteiger partial charge < -0.3 is 10.6 Å². The number of hydrogen-bond donors (Lipinski definition) is 3. The summed E-state index contributed by atoms with van der Waals surface area (Å²) in [5.74, 6) is -0.299. The zero-order valence-electron chi connectivity index (χ0n) is 15.0. The van der Waals surface area contributed by atoms with Crippen LogP contribution in [0.3, 0.4) is 0 Å². The Hall–Kier alpha value is -2.25. The zero-order valence-corrected chi connectivity index (χ0v) is 15.8. The number of amides is 2. The molecule has 26 heavy (non-hydrogen) atoms. The van der Waals surface area contributed by atoms with Crippen LogP contribution in [0.5, 0.6) is 0 Å². The number of quaternary nitrogens is 1. The fourth-order valence-corrected chi connectivity index (χ4v) is 4.28. The van der Waals surface area contributed by atoms with Gasteiger partial charge in [0.2, 0.25) is 5.91 Å². The first kappa shape index (κ1) is 18.5. The molecule has 2 aromatic rings. The third kappa shape index (κ3) is 4.47. The first-order valence-electron chi connectivity index (χ1n) is 9.04. The molecule has 1 aliphatic rings. The lowest BCUT2D eigenvalue weighted by Gasteiger charge is -2.26. The minimum atomic E-state index is -0.225. The average molecular weight is 374 g/mol. The van der Waals surface area contributed by atoms with Crippen LogP contribution in [-0.4, -0.2) is 36.4 Å².